The third-order valence-corrected chi connectivity index (χ3v) is 5.70. The first-order valence-corrected chi connectivity index (χ1v) is 10.8. The molecule has 1 amide bonds. The molecular weight excluding hydrogens is 443 g/mol. The van der Waals surface area contributed by atoms with E-state index in [1.165, 1.54) is 18.8 Å². The van der Waals surface area contributed by atoms with Crippen molar-refractivity contribution in [3.05, 3.63) is 64.5 Å². The quantitative estimate of drug-likeness (QED) is 0.457. The van der Waals surface area contributed by atoms with Crippen LogP contribution in [0.5, 0.6) is 0 Å². The number of amides is 1. The minimum atomic E-state index is -0.566. The van der Waals surface area contributed by atoms with Crippen LogP contribution in [0.15, 0.2) is 58.6 Å². The number of nitrogens with zero attached hydrogens (tertiary/aromatic N) is 3. The second kappa shape index (κ2) is 9.29. The van der Waals surface area contributed by atoms with E-state index in [0.29, 0.717) is 15.9 Å². The van der Waals surface area contributed by atoms with Gasteiger partial charge in [-0.25, -0.2) is 14.5 Å². The fourth-order valence-corrected chi connectivity index (χ4v) is 3.98. The van der Waals surface area contributed by atoms with Crippen molar-refractivity contribution in [3.63, 3.8) is 0 Å². The van der Waals surface area contributed by atoms with Gasteiger partial charge in [-0.05, 0) is 30.3 Å². The maximum absolute atomic E-state index is 12.0. The molecule has 6 nitrogen and oxygen atoms in total. The summed E-state index contributed by atoms with van der Waals surface area (Å²) in [6.45, 7) is 5.97. The molecule has 0 radical (unpaired) electrons. The third-order valence-electron chi connectivity index (χ3n) is 4.18. The molecule has 1 atom stereocenters. The van der Waals surface area contributed by atoms with Crippen LogP contribution in [0.2, 0.25) is 10.2 Å². The largest absolute Gasteiger partial charge is 0.439 e. The summed E-state index contributed by atoms with van der Waals surface area (Å²) in [4.78, 5) is 17.0. The third kappa shape index (κ3) is 5.28. The zero-order valence-electron chi connectivity index (χ0n) is 17.0. The van der Waals surface area contributed by atoms with Crippen molar-refractivity contribution >= 4 is 41.1 Å². The number of aromatic nitrogens is 3. The molecule has 0 fully saturated rings. The molecule has 158 valence electrons. The van der Waals surface area contributed by atoms with Crippen molar-refractivity contribution in [2.24, 2.45) is 5.41 Å². The minimum absolute atomic E-state index is 0.379. The number of ether oxygens (including phenoxy) is 1. The molecule has 0 spiro atoms. The Bertz CT molecular complexity index is 1030. The Labute approximate surface area is 189 Å². The number of hydrogen-bond acceptors (Lipinski definition) is 5. The van der Waals surface area contributed by atoms with Gasteiger partial charge in [-0.1, -0.05) is 67.9 Å². The fourth-order valence-electron chi connectivity index (χ4n) is 2.77. The molecule has 1 N–H and O–H groups in total. The zero-order valence-corrected chi connectivity index (χ0v) is 19.3. The number of benzene rings is 1. The average Bonchev–Trinajstić information content (AvgIpc) is 3.10. The lowest BCUT2D eigenvalue weighted by Gasteiger charge is -2.28. The maximum Gasteiger partial charge on any atom is 0.407 e. The molecule has 0 saturated carbocycles. The van der Waals surface area contributed by atoms with Crippen molar-refractivity contribution in [2.45, 2.75) is 36.8 Å². The van der Waals surface area contributed by atoms with E-state index >= 15 is 0 Å². The highest BCUT2D eigenvalue weighted by Crippen LogP contribution is 2.39. The van der Waals surface area contributed by atoms with Gasteiger partial charge < -0.3 is 10.1 Å². The number of hydrogen-bond donors (Lipinski definition) is 1. The molecule has 0 saturated heterocycles. The first kappa shape index (κ1) is 22.5. The summed E-state index contributed by atoms with van der Waals surface area (Å²) in [6.07, 6.45) is 0.612. The Morgan fingerprint density at radius 2 is 1.93 bits per heavy atom. The molecule has 1 aromatic carbocycles. The van der Waals surface area contributed by atoms with Crippen molar-refractivity contribution in [1.29, 1.82) is 0 Å². The Balaban J connectivity index is 2.09. The van der Waals surface area contributed by atoms with E-state index in [1.807, 2.05) is 51.1 Å². The van der Waals surface area contributed by atoms with Gasteiger partial charge in [-0.2, -0.15) is 5.10 Å². The standard InChI is InChI=1S/C21H22Cl2N4O2S/c1-21(2,3)19(29-20(28)24-4)15-11-18(30-13-9-10-17(23)25-12-13)27(26-15)16-8-6-5-7-14(16)22/h5-12,19H,1-4H3,(H,24,28). The number of carbonyl (C=O) groups excluding carboxylic acids is 1. The first-order valence-electron chi connectivity index (χ1n) is 9.21. The number of carbonyl (C=O) groups is 1. The van der Waals surface area contributed by atoms with Crippen molar-refractivity contribution < 1.29 is 9.53 Å². The molecule has 30 heavy (non-hydrogen) atoms. The Hall–Kier alpha value is -2.22. The Morgan fingerprint density at radius 3 is 2.53 bits per heavy atom. The topological polar surface area (TPSA) is 69.0 Å². The van der Waals surface area contributed by atoms with Gasteiger partial charge in [-0.15, -0.1) is 0 Å². The molecule has 0 aliphatic heterocycles. The van der Waals surface area contributed by atoms with Crippen LogP contribution in [0.1, 0.15) is 32.6 Å². The molecule has 0 bridgehead atoms. The molecule has 2 heterocycles. The number of pyridine rings is 1. The van der Waals surface area contributed by atoms with Crippen LogP contribution in [-0.2, 0) is 4.74 Å². The summed E-state index contributed by atoms with van der Waals surface area (Å²) >= 11 is 13.8. The van der Waals surface area contributed by atoms with Crippen LogP contribution in [-0.4, -0.2) is 27.9 Å². The number of alkyl carbamates (subject to hydrolysis) is 1. The van der Waals surface area contributed by atoms with Crippen molar-refractivity contribution in [3.8, 4) is 5.69 Å². The summed E-state index contributed by atoms with van der Waals surface area (Å²) in [7, 11) is 1.53. The normalized spacial score (nSPS) is 12.5. The van der Waals surface area contributed by atoms with E-state index < -0.39 is 12.2 Å². The van der Waals surface area contributed by atoms with Crippen LogP contribution >= 0.6 is 35.0 Å². The van der Waals surface area contributed by atoms with Crippen molar-refractivity contribution in [2.75, 3.05) is 7.05 Å². The molecule has 3 rings (SSSR count). The summed E-state index contributed by atoms with van der Waals surface area (Å²) in [5.74, 6) is 0. The van der Waals surface area contributed by atoms with Crippen molar-refractivity contribution in [1.82, 2.24) is 20.1 Å². The van der Waals surface area contributed by atoms with E-state index in [0.717, 1.165) is 15.6 Å². The van der Waals surface area contributed by atoms with E-state index in [1.54, 1.807) is 23.0 Å². The summed E-state index contributed by atoms with van der Waals surface area (Å²) in [6, 6.07) is 13.0. The lowest BCUT2D eigenvalue weighted by Crippen LogP contribution is -2.29. The molecule has 1 unspecified atom stereocenters. The van der Waals surface area contributed by atoms with E-state index in [9.17, 15) is 4.79 Å². The van der Waals surface area contributed by atoms with Crippen LogP contribution in [0.4, 0.5) is 4.79 Å². The molecule has 0 aliphatic carbocycles. The van der Waals surface area contributed by atoms with E-state index in [-0.39, 0.29) is 5.41 Å². The van der Waals surface area contributed by atoms with Gasteiger partial charge in [0.1, 0.15) is 15.9 Å². The lowest BCUT2D eigenvalue weighted by molar-refractivity contribution is 0.0284. The summed E-state index contributed by atoms with van der Waals surface area (Å²) in [5.41, 5.74) is 0.966. The molecule has 3 aromatic rings. The number of rotatable bonds is 5. The number of halogens is 2. The van der Waals surface area contributed by atoms with Gasteiger partial charge in [0.05, 0.1) is 10.7 Å². The Morgan fingerprint density at radius 1 is 1.20 bits per heavy atom. The van der Waals surface area contributed by atoms with Crippen LogP contribution in [0, 0.1) is 5.41 Å². The molecule has 9 heteroatoms. The second-order valence-corrected chi connectivity index (χ2v) is 9.48. The summed E-state index contributed by atoms with van der Waals surface area (Å²) in [5, 5.41) is 9.05. The molecule has 2 aromatic heterocycles. The first-order chi connectivity index (χ1) is 14.2. The SMILES string of the molecule is CNC(=O)OC(c1cc(Sc2ccc(Cl)nc2)n(-c2ccccc2Cl)n1)C(C)(C)C. The minimum Gasteiger partial charge on any atom is -0.439 e. The highest BCUT2D eigenvalue weighted by molar-refractivity contribution is 7.99. The van der Waals surface area contributed by atoms with E-state index in [4.69, 9.17) is 33.0 Å². The molecular formula is C21H22Cl2N4O2S. The lowest BCUT2D eigenvalue weighted by atomic mass is 9.87. The van der Waals surface area contributed by atoms with Gasteiger partial charge >= 0.3 is 6.09 Å². The van der Waals surface area contributed by atoms with Gasteiger partial charge in [0.2, 0.25) is 0 Å². The van der Waals surface area contributed by atoms with Crippen LogP contribution < -0.4 is 5.32 Å². The number of para-hydroxylation sites is 1. The Kier molecular flexibility index (Phi) is 6.95. The fraction of sp³-hybridized carbons (Fsp3) is 0.286. The van der Waals surface area contributed by atoms with E-state index in [2.05, 4.69) is 10.3 Å². The highest BCUT2D eigenvalue weighted by atomic mass is 35.5. The van der Waals surface area contributed by atoms with Gasteiger partial charge in [-0.3, -0.25) is 0 Å². The van der Waals surface area contributed by atoms with Gasteiger partial charge in [0.25, 0.3) is 0 Å². The smallest absolute Gasteiger partial charge is 0.407 e. The monoisotopic (exact) mass is 464 g/mol. The van der Waals surface area contributed by atoms with Gasteiger partial charge in [0.15, 0.2) is 6.10 Å². The highest BCUT2D eigenvalue weighted by Gasteiger charge is 2.33. The summed E-state index contributed by atoms with van der Waals surface area (Å²) < 4.78 is 7.41. The predicted octanol–water partition coefficient (Wildman–Crippen LogP) is 6.17. The zero-order chi connectivity index (χ0) is 21.9. The van der Waals surface area contributed by atoms with Crippen LogP contribution in [0.25, 0.3) is 5.69 Å². The maximum atomic E-state index is 12.0. The van der Waals surface area contributed by atoms with Crippen LogP contribution in [0.3, 0.4) is 0 Å². The second-order valence-electron chi connectivity index (χ2n) is 7.59. The molecule has 0 aliphatic rings. The van der Waals surface area contributed by atoms with Gasteiger partial charge in [0, 0.05) is 23.6 Å². The predicted molar refractivity (Wildman–Crippen MR) is 120 cm³/mol. The number of nitrogens with one attached hydrogen (secondary N) is 1. The average molecular weight is 465 g/mol.